The predicted octanol–water partition coefficient (Wildman–Crippen LogP) is 4.37. The van der Waals surface area contributed by atoms with Crippen molar-refractivity contribution in [2.45, 2.75) is 50.3 Å². The monoisotopic (exact) mass is 573 g/mol. The smallest absolute Gasteiger partial charge is 0.307 e. The minimum Gasteiger partial charge on any atom is -0.307 e. The molecular formula is C27H31N3O7S2. The lowest BCUT2D eigenvalue weighted by molar-refractivity contribution is 0.100. The molecule has 0 aliphatic carbocycles. The molecule has 208 valence electrons. The van der Waals surface area contributed by atoms with Gasteiger partial charge in [0.1, 0.15) is 0 Å². The number of primary sulfonamides is 1. The number of amides is 2. The molecule has 3 rings (SSSR count). The maximum absolute atomic E-state index is 12.4. The van der Waals surface area contributed by atoms with Crippen LogP contribution in [0.5, 0.6) is 0 Å². The van der Waals surface area contributed by atoms with E-state index in [1.165, 1.54) is 62.4 Å². The Hall–Kier alpha value is -3.87. The van der Waals surface area contributed by atoms with Crippen LogP contribution in [0.1, 0.15) is 65.5 Å². The average Bonchev–Trinajstić information content (AvgIpc) is 2.84. The van der Waals surface area contributed by atoms with Crippen molar-refractivity contribution in [2.24, 2.45) is 5.14 Å². The van der Waals surface area contributed by atoms with Crippen molar-refractivity contribution in [2.75, 3.05) is 5.32 Å². The summed E-state index contributed by atoms with van der Waals surface area (Å²) in [6.07, 6.45) is 0. The second-order valence-corrected chi connectivity index (χ2v) is 12.2. The number of nitrogens with two attached hydrogens (primary N) is 1. The second-order valence-electron chi connectivity index (χ2n) is 8.97. The Kier molecular flexibility index (Phi) is 10.3. The first-order valence-electron chi connectivity index (χ1n) is 11.7. The first kappa shape index (κ1) is 31.3. The van der Waals surface area contributed by atoms with Crippen LogP contribution >= 0.6 is 0 Å². The molecule has 4 N–H and O–H groups in total. The largest absolute Gasteiger partial charge is 0.333 e. The number of sulfonamides is 2. The molecule has 0 saturated carbocycles. The topological polar surface area (TPSA) is 170 Å². The Morgan fingerprint density at radius 1 is 0.769 bits per heavy atom. The van der Waals surface area contributed by atoms with E-state index in [0.717, 1.165) is 11.1 Å². The number of urea groups is 1. The summed E-state index contributed by atoms with van der Waals surface area (Å²) in [5.74, 6) is -0.285. The molecule has 0 radical (unpaired) electrons. The second kappa shape index (κ2) is 12.8. The van der Waals surface area contributed by atoms with Gasteiger partial charge in [0.15, 0.2) is 11.6 Å². The molecule has 0 aliphatic rings. The molecule has 0 unspecified atom stereocenters. The molecule has 0 bridgehead atoms. The summed E-state index contributed by atoms with van der Waals surface area (Å²) in [6, 6.07) is 15.9. The van der Waals surface area contributed by atoms with E-state index in [2.05, 4.69) is 5.32 Å². The van der Waals surface area contributed by atoms with Crippen LogP contribution in [0.15, 0.2) is 76.5 Å². The highest BCUT2D eigenvalue weighted by atomic mass is 32.2. The van der Waals surface area contributed by atoms with E-state index in [1.807, 2.05) is 43.7 Å². The first-order valence-corrected chi connectivity index (χ1v) is 14.7. The van der Waals surface area contributed by atoms with Crippen LogP contribution in [0.3, 0.4) is 0 Å². The van der Waals surface area contributed by atoms with Crippen LogP contribution in [0.4, 0.5) is 10.5 Å². The zero-order valence-electron chi connectivity index (χ0n) is 22.2. The highest BCUT2D eigenvalue weighted by Crippen LogP contribution is 2.27. The summed E-state index contributed by atoms with van der Waals surface area (Å²) >= 11 is 0. The van der Waals surface area contributed by atoms with Crippen molar-refractivity contribution in [1.82, 2.24) is 4.72 Å². The van der Waals surface area contributed by atoms with E-state index in [9.17, 15) is 31.2 Å². The van der Waals surface area contributed by atoms with Crippen LogP contribution in [0.2, 0.25) is 0 Å². The summed E-state index contributed by atoms with van der Waals surface area (Å²) in [5, 5.41) is 7.51. The molecule has 39 heavy (non-hydrogen) atoms. The van der Waals surface area contributed by atoms with Gasteiger partial charge in [-0.15, -0.1) is 0 Å². The van der Waals surface area contributed by atoms with Gasteiger partial charge < -0.3 is 5.32 Å². The number of carbonyl (C=O) groups excluding carboxylic acids is 3. The molecule has 0 fully saturated rings. The Balaban J connectivity index is 0.000000344. The number of ketones is 2. The number of hydrogen-bond acceptors (Lipinski definition) is 7. The zero-order valence-corrected chi connectivity index (χ0v) is 23.8. The van der Waals surface area contributed by atoms with Gasteiger partial charge in [-0.1, -0.05) is 56.3 Å². The van der Waals surface area contributed by atoms with Crippen molar-refractivity contribution in [3.8, 4) is 0 Å². The van der Waals surface area contributed by atoms with Crippen molar-refractivity contribution < 1.29 is 31.2 Å². The van der Waals surface area contributed by atoms with Gasteiger partial charge in [0, 0.05) is 16.8 Å². The number of anilines is 1. The Labute approximate surface area is 228 Å². The molecule has 3 aromatic carbocycles. The molecule has 0 aromatic heterocycles. The van der Waals surface area contributed by atoms with E-state index in [0.29, 0.717) is 11.3 Å². The number of rotatable bonds is 7. The van der Waals surface area contributed by atoms with Gasteiger partial charge >= 0.3 is 6.03 Å². The Morgan fingerprint density at radius 2 is 1.26 bits per heavy atom. The molecule has 0 spiro atoms. The summed E-state index contributed by atoms with van der Waals surface area (Å²) in [7, 11) is -7.81. The minimum atomic E-state index is -4.10. The molecule has 10 nitrogen and oxygen atoms in total. The molecule has 0 aliphatic heterocycles. The lowest BCUT2D eigenvalue weighted by Gasteiger charge is -2.17. The van der Waals surface area contributed by atoms with Gasteiger partial charge in [-0.2, -0.15) is 0 Å². The molecular weight excluding hydrogens is 542 g/mol. The summed E-state index contributed by atoms with van der Waals surface area (Å²) < 4.78 is 48.6. The molecule has 0 saturated heterocycles. The van der Waals surface area contributed by atoms with E-state index in [4.69, 9.17) is 5.14 Å². The highest BCUT2D eigenvalue weighted by molar-refractivity contribution is 7.90. The summed E-state index contributed by atoms with van der Waals surface area (Å²) in [6.45, 7) is 8.52. The third kappa shape index (κ3) is 8.84. The predicted molar refractivity (Wildman–Crippen MR) is 149 cm³/mol. The van der Waals surface area contributed by atoms with Gasteiger partial charge in [0.25, 0.3) is 10.0 Å². The van der Waals surface area contributed by atoms with Crippen LogP contribution < -0.4 is 15.2 Å². The van der Waals surface area contributed by atoms with E-state index in [-0.39, 0.29) is 32.8 Å². The number of hydrogen-bond donors (Lipinski definition) is 3. The lowest BCUT2D eigenvalue weighted by Crippen LogP contribution is -2.35. The van der Waals surface area contributed by atoms with Crippen LogP contribution in [0.25, 0.3) is 0 Å². The fraction of sp³-hybridized carbons (Fsp3) is 0.222. The number of para-hydroxylation sites is 1. The summed E-state index contributed by atoms with van der Waals surface area (Å²) in [5.41, 5.74) is 2.94. The maximum atomic E-state index is 12.4. The normalized spacial score (nSPS) is 11.3. The van der Waals surface area contributed by atoms with Crippen molar-refractivity contribution >= 4 is 43.3 Å². The highest BCUT2D eigenvalue weighted by Gasteiger charge is 2.20. The third-order valence-electron chi connectivity index (χ3n) is 5.51. The van der Waals surface area contributed by atoms with E-state index < -0.39 is 26.1 Å². The Bertz CT molecular complexity index is 1610. The number of Topliss-reactive ketones (excluding diaryl/α,β-unsaturated/α-hetero) is 2. The number of aryl methyl sites for hydroxylation is 1. The average molecular weight is 574 g/mol. The lowest BCUT2D eigenvalue weighted by atomic mass is 9.98. The van der Waals surface area contributed by atoms with Crippen molar-refractivity contribution in [3.05, 3.63) is 89.0 Å². The molecule has 3 aromatic rings. The van der Waals surface area contributed by atoms with E-state index in [1.54, 1.807) is 0 Å². The zero-order chi connectivity index (χ0) is 29.5. The fourth-order valence-electron chi connectivity index (χ4n) is 3.44. The van der Waals surface area contributed by atoms with Gasteiger partial charge in [-0.3, -0.25) is 9.59 Å². The molecule has 12 heteroatoms. The fourth-order valence-corrected chi connectivity index (χ4v) is 4.95. The van der Waals surface area contributed by atoms with Crippen LogP contribution in [0, 0.1) is 6.92 Å². The minimum absolute atomic E-state index is 0.0415. The van der Waals surface area contributed by atoms with Crippen LogP contribution in [-0.4, -0.2) is 34.4 Å². The molecule has 0 atom stereocenters. The number of nitrogens with one attached hydrogen (secondary N) is 2. The standard InChI is InChI=1S/C19H22N2O4S.C8H9NO3S/c1-12(2)17-10-5-7-13(3)18(17)20-19(23)21-26(24,25)16-9-6-8-15(11-16)14(4)22;1-6(10)7-3-2-4-8(5-7)13(9,11)12/h5-12H,1-4H3,(H2,20,21,23);2-5H,1H3,(H2,9,11,12). The maximum Gasteiger partial charge on any atom is 0.333 e. The van der Waals surface area contributed by atoms with Gasteiger partial charge in [-0.05, 0) is 62.1 Å². The SMILES string of the molecule is CC(=O)c1cccc(S(=O)(=O)NC(=O)Nc2c(C)cccc2C(C)C)c1.CC(=O)c1cccc(S(N)(=O)=O)c1. The van der Waals surface area contributed by atoms with Gasteiger partial charge in [-0.25, -0.2) is 31.5 Å². The number of benzene rings is 3. The van der Waals surface area contributed by atoms with Gasteiger partial charge in [0.2, 0.25) is 10.0 Å². The molecule has 2 amide bonds. The van der Waals surface area contributed by atoms with Crippen LogP contribution in [-0.2, 0) is 20.0 Å². The Morgan fingerprint density at radius 3 is 1.74 bits per heavy atom. The quantitative estimate of drug-likeness (QED) is 0.352. The van der Waals surface area contributed by atoms with Crippen molar-refractivity contribution in [1.29, 1.82) is 0 Å². The first-order chi connectivity index (χ1) is 18.0. The van der Waals surface area contributed by atoms with Gasteiger partial charge in [0.05, 0.1) is 9.79 Å². The van der Waals surface area contributed by atoms with E-state index >= 15 is 0 Å². The molecule has 0 heterocycles. The van der Waals surface area contributed by atoms with Crippen molar-refractivity contribution in [3.63, 3.8) is 0 Å². The third-order valence-corrected chi connectivity index (χ3v) is 7.75. The number of carbonyl (C=O) groups is 3. The summed E-state index contributed by atoms with van der Waals surface area (Å²) in [4.78, 5) is 34.4.